The van der Waals surface area contributed by atoms with E-state index in [1.54, 1.807) is 6.92 Å². The molecular weight excluding hydrogens is 555 g/mol. The molecule has 0 saturated carbocycles. The summed E-state index contributed by atoms with van der Waals surface area (Å²) in [5.74, 6) is -2.22. The third kappa shape index (κ3) is 7.66. The first kappa shape index (κ1) is 31.8. The van der Waals surface area contributed by atoms with Crippen molar-refractivity contribution in [2.75, 3.05) is 6.61 Å². The Balaban J connectivity index is 1.70. The van der Waals surface area contributed by atoms with Gasteiger partial charge in [-0.1, -0.05) is 116 Å². The first-order valence-corrected chi connectivity index (χ1v) is 16.1. The van der Waals surface area contributed by atoms with E-state index < -0.39 is 31.4 Å². The first-order chi connectivity index (χ1) is 20.8. The molecule has 5 nitrogen and oxygen atoms in total. The van der Waals surface area contributed by atoms with Gasteiger partial charge in [-0.05, 0) is 69.1 Å². The summed E-state index contributed by atoms with van der Waals surface area (Å²) in [6, 6.07) is 37.8. The zero-order valence-corrected chi connectivity index (χ0v) is 26.1. The van der Waals surface area contributed by atoms with Crippen LogP contribution in [0.3, 0.4) is 0 Å². The number of Topliss-reactive ketones (excluding diaryl/α,β-unsaturated/α-hetero) is 1. The van der Waals surface area contributed by atoms with Crippen LogP contribution in [-0.4, -0.2) is 24.3 Å². The van der Waals surface area contributed by atoms with Gasteiger partial charge in [0.1, 0.15) is 17.3 Å². The molecule has 4 aromatic carbocycles. The van der Waals surface area contributed by atoms with E-state index in [0.717, 1.165) is 21.5 Å². The molecule has 6 heteroatoms. The van der Waals surface area contributed by atoms with Crippen LogP contribution in [0, 0.1) is 11.8 Å². The van der Waals surface area contributed by atoms with Crippen molar-refractivity contribution in [1.29, 1.82) is 0 Å². The van der Waals surface area contributed by atoms with Crippen LogP contribution in [0.5, 0.6) is 0 Å². The summed E-state index contributed by atoms with van der Waals surface area (Å²) in [7, 11) is -1.03. The summed E-state index contributed by atoms with van der Waals surface area (Å²) >= 11 is 0. The third-order valence-corrected chi connectivity index (χ3v) is 10.4. The summed E-state index contributed by atoms with van der Waals surface area (Å²) in [6.07, 6.45) is 0.781. The molecule has 0 N–H and O–H groups in total. The molecule has 0 aliphatic carbocycles. The third-order valence-electron chi connectivity index (χ3n) is 7.94. The lowest BCUT2D eigenvalue weighted by molar-refractivity contribution is -0.151. The van der Waals surface area contributed by atoms with Crippen LogP contribution in [0.2, 0.25) is 0 Å². The average Bonchev–Trinajstić information content (AvgIpc) is 3.03. The van der Waals surface area contributed by atoms with Gasteiger partial charge in [0.05, 0.1) is 12.2 Å². The molecule has 0 fully saturated rings. The Hall–Kier alpha value is -4.08. The highest BCUT2D eigenvalue weighted by molar-refractivity contribution is 7.80. The Labute approximate surface area is 256 Å². The van der Waals surface area contributed by atoms with E-state index in [1.165, 1.54) is 6.92 Å². The van der Waals surface area contributed by atoms with E-state index in [9.17, 15) is 14.4 Å². The predicted octanol–water partition coefficient (Wildman–Crippen LogP) is 6.70. The quantitative estimate of drug-likeness (QED) is 0.0979. The van der Waals surface area contributed by atoms with Crippen LogP contribution < -0.4 is 15.9 Å². The summed E-state index contributed by atoms with van der Waals surface area (Å²) in [5.41, 5.74) is 0.338. The molecule has 0 aliphatic heterocycles. The molecule has 43 heavy (non-hydrogen) atoms. The van der Waals surface area contributed by atoms with E-state index in [2.05, 4.69) is 24.3 Å². The van der Waals surface area contributed by atoms with Crippen LogP contribution in [0.25, 0.3) is 0 Å². The molecule has 0 saturated heterocycles. The van der Waals surface area contributed by atoms with Crippen molar-refractivity contribution in [3.8, 4) is 0 Å². The summed E-state index contributed by atoms with van der Waals surface area (Å²) in [5, 5.41) is 3.19. The molecule has 0 aliphatic rings. The van der Waals surface area contributed by atoms with E-state index in [0.29, 0.717) is 18.4 Å². The number of esters is 2. The second kappa shape index (κ2) is 14.9. The average molecular weight is 595 g/mol. The fourth-order valence-corrected chi connectivity index (χ4v) is 7.74. The van der Waals surface area contributed by atoms with Gasteiger partial charge in [0.25, 0.3) is 0 Å². The van der Waals surface area contributed by atoms with Crippen molar-refractivity contribution in [3.05, 3.63) is 126 Å². The molecular formula is C37H39O5P. The van der Waals surface area contributed by atoms with E-state index in [-0.39, 0.29) is 18.3 Å². The monoisotopic (exact) mass is 594 g/mol. The summed E-state index contributed by atoms with van der Waals surface area (Å²) < 4.78 is 11.7. The smallest absolute Gasteiger partial charge is 0.339 e. The topological polar surface area (TPSA) is 69.7 Å². The van der Waals surface area contributed by atoms with Gasteiger partial charge in [-0.2, -0.15) is 0 Å². The molecule has 222 valence electrons. The van der Waals surface area contributed by atoms with Crippen LogP contribution >= 0.6 is 7.92 Å². The van der Waals surface area contributed by atoms with Gasteiger partial charge in [0.2, 0.25) is 0 Å². The van der Waals surface area contributed by atoms with Gasteiger partial charge in [0, 0.05) is 5.92 Å². The fourth-order valence-electron chi connectivity index (χ4n) is 5.31. The maximum absolute atomic E-state index is 14.2. The number of rotatable bonds is 13. The molecule has 0 spiro atoms. The first-order valence-electron chi connectivity index (χ1n) is 14.7. The minimum atomic E-state index is -1.03. The second-order valence-electron chi connectivity index (χ2n) is 10.8. The molecule has 3 atom stereocenters. The molecule has 4 rings (SSSR count). The van der Waals surface area contributed by atoms with E-state index >= 15 is 0 Å². The van der Waals surface area contributed by atoms with Crippen molar-refractivity contribution in [2.45, 2.75) is 46.1 Å². The molecule has 0 heterocycles. The lowest BCUT2D eigenvalue weighted by atomic mass is 9.79. The highest BCUT2D eigenvalue weighted by Gasteiger charge is 2.39. The van der Waals surface area contributed by atoms with Gasteiger partial charge in [0.15, 0.2) is 0 Å². The molecule has 0 aromatic heterocycles. The highest BCUT2D eigenvalue weighted by Crippen LogP contribution is 2.39. The maximum Gasteiger partial charge on any atom is 0.339 e. The highest BCUT2D eigenvalue weighted by atomic mass is 31.1. The fraction of sp³-hybridized carbons (Fsp3) is 0.270. The van der Waals surface area contributed by atoms with Crippen molar-refractivity contribution >= 4 is 41.6 Å². The van der Waals surface area contributed by atoms with Crippen molar-refractivity contribution < 1.29 is 23.9 Å². The molecule has 0 bridgehead atoms. The zero-order chi connectivity index (χ0) is 30.8. The lowest BCUT2D eigenvalue weighted by Crippen LogP contribution is -2.38. The molecule has 0 amide bonds. The molecule has 0 radical (unpaired) electrons. The Morgan fingerprint density at radius 1 is 0.744 bits per heavy atom. The number of carbonyl (C=O) groups excluding carboxylic acids is 3. The van der Waals surface area contributed by atoms with Gasteiger partial charge in [-0.3, -0.25) is 9.59 Å². The number of hydrogen-bond donors (Lipinski definition) is 0. The Kier molecular flexibility index (Phi) is 11.0. The van der Waals surface area contributed by atoms with Crippen molar-refractivity contribution in [2.24, 2.45) is 11.8 Å². The lowest BCUT2D eigenvalue weighted by Gasteiger charge is -2.37. The SMILES string of the molecule is CCOC(=O)C(CC[C@H](C)[C@@](C)(OC(=O)c1ccccc1P(c1ccccc1)c1ccccc1)c1ccccc1)C(C)=O. The normalized spacial score (nSPS) is 13.9. The number of ether oxygens (including phenoxy) is 2. The number of benzene rings is 4. The van der Waals surface area contributed by atoms with Gasteiger partial charge in [-0.15, -0.1) is 0 Å². The summed E-state index contributed by atoms with van der Waals surface area (Å²) in [4.78, 5) is 39.0. The van der Waals surface area contributed by atoms with E-state index in [1.807, 2.05) is 105 Å². The van der Waals surface area contributed by atoms with Gasteiger partial charge >= 0.3 is 11.9 Å². The van der Waals surface area contributed by atoms with Crippen molar-refractivity contribution in [3.63, 3.8) is 0 Å². The van der Waals surface area contributed by atoms with E-state index in [4.69, 9.17) is 9.47 Å². The maximum atomic E-state index is 14.2. The Morgan fingerprint density at radius 3 is 1.79 bits per heavy atom. The standard InChI is InChI=1S/C37H39O5P/c1-5-41-35(39)32(28(3)38)26-25-27(2)37(4,29-17-9-6-10-18-29)42-36(40)33-23-15-16-24-34(33)43(30-19-11-7-12-20-30)31-21-13-8-14-22-31/h6-24,27,32H,5,25-26H2,1-4H3/t27-,32?,37+/m0/s1. The number of hydrogen-bond acceptors (Lipinski definition) is 5. The zero-order valence-electron chi connectivity index (χ0n) is 25.2. The van der Waals surface area contributed by atoms with Crippen LogP contribution in [-0.2, 0) is 24.7 Å². The van der Waals surface area contributed by atoms with Crippen LogP contribution in [0.4, 0.5) is 0 Å². The minimum Gasteiger partial charge on any atom is -0.465 e. The molecule has 1 unspecified atom stereocenters. The Morgan fingerprint density at radius 2 is 1.26 bits per heavy atom. The second-order valence-corrected chi connectivity index (χ2v) is 13.0. The van der Waals surface area contributed by atoms with Gasteiger partial charge in [-0.25, -0.2) is 4.79 Å². The summed E-state index contributed by atoms with van der Waals surface area (Å²) in [6.45, 7) is 7.26. The number of carbonyl (C=O) groups is 3. The van der Waals surface area contributed by atoms with Crippen LogP contribution in [0.15, 0.2) is 115 Å². The van der Waals surface area contributed by atoms with Crippen LogP contribution in [0.1, 0.15) is 56.5 Å². The molecule has 4 aromatic rings. The van der Waals surface area contributed by atoms with Gasteiger partial charge < -0.3 is 9.47 Å². The minimum absolute atomic E-state index is 0.214. The Bertz CT molecular complexity index is 1470. The largest absolute Gasteiger partial charge is 0.465 e. The number of ketones is 1. The van der Waals surface area contributed by atoms with Crippen molar-refractivity contribution in [1.82, 2.24) is 0 Å². The predicted molar refractivity (Wildman–Crippen MR) is 174 cm³/mol.